The molecule has 0 aliphatic carbocycles. The molecule has 1 unspecified atom stereocenters. The number of hydrogen-bond acceptors (Lipinski definition) is 2. The maximum atomic E-state index is 6.42. The molecule has 0 aromatic heterocycles. The van der Waals surface area contributed by atoms with Gasteiger partial charge in [-0.3, -0.25) is 0 Å². The fraction of sp³-hybridized carbons (Fsp3) is 0.250. The van der Waals surface area contributed by atoms with Gasteiger partial charge in [0.25, 0.3) is 0 Å². The predicted molar refractivity (Wildman–Crippen MR) is 85.6 cm³/mol. The van der Waals surface area contributed by atoms with Crippen LogP contribution in [0, 0.1) is 6.92 Å². The van der Waals surface area contributed by atoms with Gasteiger partial charge in [0.1, 0.15) is 5.75 Å². The van der Waals surface area contributed by atoms with Crippen LogP contribution in [0.5, 0.6) is 5.75 Å². The Morgan fingerprint density at radius 2 is 2.10 bits per heavy atom. The van der Waals surface area contributed by atoms with Gasteiger partial charge in [-0.1, -0.05) is 39.7 Å². The number of nitrogens with two attached hydrogens (primary N) is 1. The summed E-state index contributed by atoms with van der Waals surface area (Å²) in [6.45, 7) is 2.71. The second-order valence-corrected chi connectivity index (χ2v) is 6.39. The van der Waals surface area contributed by atoms with Gasteiger partial charge in [0.2, 0.25) is 0 Å². The quantitative estimate of drug-likeness (QED) is 0.870. The molecule has 2 nitrogen and oxygen atoms in total. The summed E-state index contributed by atoms with van der Waals surface area (Å²) in [6, 6.07) is 9.84. The molecule has 0 fully saturated rings. The number of ether oxygens (including phenoxy) is 1. The summed E-state index contributed by atoms with van der Waals surface area (Å²) in [5.41, 5.74) is 10.7. The zero-order chi connectivity index (χ0) is 14.3. The van der Waals surface area contributed by atoms with Crippen LogP contribution in [0.15, 0.2) is 34.8 Å². The first-order chi connectivity index (χ1) is 9.56. The maximum absolute atomic E-state index is 6.42. The molecular formula is C16H15BrClNO. The van der Waals surface area contributed by atoms with E-state index in [0.717, 1.165) is 45.0 Å². The standard InChI is InChI=1S/C16H15BrClNO/c1-9-2-3-10(7-14(9)18)15(19)13-8-12(17)6-11-4-5-20-16(11)13/h2-3,6-8,15H,4-5,19H2,1H3. The van der Waals surface area contributed by atoms with E-state index < -0.39 is 0 Å². The minimum Gasteiger partial charge on any atom is -0.493 e. The van der Waals surface area contributed by atoms with E-state index in [0.29, 0.717) is 0 Å². The van der Waals surface area contributed by atoms with Gasteiger partial charge in [-0.25, -0.2) is 0 Å². The average molecular weight is 353 g/mol. The van der Waals surface area contributed by atoms with E-state index in [2.05, 4.69) is 22.0 Å². The molecule has 0 spiro atoms. The Balaban J connectivity index is 2.06. The van der Waals surface area contributed by atoms with Crippen molar-refractivity contribution in [2.45, 2.75) is 19.4 Å². The van der Waals surface area contributed by atoms with E-state index in [9.17, 15) is 0 Å². The lowest BCUT2D eigenvalue weighted by Gasteiger charge is -2.17. The van der Waals surface area contributed by atoms with Crippen LogP contribution < -0.4 is 10.5 Å². The van der Waals surface area contributed by atoms with Crippen LogP contribution in [-0.2, 0) is 6.42 Å². The van der Waals surface area contributed by atoms with E-state index in [1.54, 1.807) is 0 Å². The summed E-state index contributed by atoms with van der Waals surface area (Å²) in [4.78, 5) is 0. The van der Waals surface area contributed by atoms with Crippen molar-refractivity contribution in [3.8, 4) is 5.75 Å². The molecule has 1 heterocycles. The van der Waals surface area contributed by atoms with Crippen molar-refractivity contribution in [2.75, 3.05) is 6.61 Å². The number of fused-ring (bicyclic) bond motifs is 1. The Morgan fingerprint density at radius 1 is 1.30 bits per heavy atom. The molecule has 4 heteroatoms. The Kier molecular flexibility index (Phi) is 3.76. The number of halogens is 2. The second-order valence-electron chi connectivity index (χ2n) is 5.07. The second kappa shape index (κ2) is 5.40. The van der Waals surface area contributed by atoms with Crippen molar-refractivity contribution in [1.82, 2.24) is 0 Å². The Morgan fingerprint density at radius 3 is 2.85 bits per heavy atom. The van der Waals surface area contributed by atoms with Crippen molar-refractivity contribution in [1.29, 1.82) is 0 Å². The molecule has 0 amide bonds. The molecule has 0 radical (unpaired) electrons. The lowest BCUT2D eigenvalue weighted by atomic mass is 9.96. The lowest BCUT2D eigenvalue weighted by molar-refractivity contribution is 0.352. The van der Waals surface area contributed by atoms with Crippen LogP contribution in [-0.4, -0.2) is 6.61 Å². The highest BCUT2D eigenvalue weighted by Crippen LogP contribution is 2.38. The van der Waals surface area contributed by atoms with Crippen LogP contribution >= 0.6 is 27.5 Å². The number of benzene rings is 2. The van der Waals surface area contributed by atoms with Gasteiger partial charge in [-0.15, -0.1) is 0 Å². The Labute approximate surface area is 132 Å². The fourth-order valence-corrected chi connectivity index (χ4v) is 3.22. The third-order valence-corrected chi connectivity index (χ3v) is 4.53. The molecule has 104 valence electrons. The molecule has 0 bridgehead atoms. The highest BCUT2D eigenvalue weighted by Gasteiger charge is 2.22. The number of aryl methyl sites for hydroxylation is 1. The molecule has 2 N–H and O–H groups in total. The largest absolute Gasteiger partial charge is 0.493 e. The molecular weight excluding hydrogens is 338 g/mol. The lowest BCUT2D eigenvalue weighted by Crippen LogP contribution is -2.13. The van der Waals surface area contributed by atoms with E-state index in [1.807, 2.05) is 31.2 Å². The van der Waals surface area contributed by atoms with Crippen LogP contribution in [0.25, 0.3) is 0 Å². The number of rotatable bonds is 2. The summed E-state index contributed by atoms with van der Waals surface area (Å²) in [7, 11) is 0. The van der Waals surface area contributed by atoms with Crippen molar-refractivity contribution in [2.24, 2.45) is 5.73 Å². The summed E-state index contributed by atoms with van der Waals surface area (Å²) in [5.74, 6) is 0.928. The molecule has 0 saturated heterocycles. The number of hydrogen-bond donors (Lipinski definition) is 1. The highest BCUT2D eigenvalue weighted by atomic mass is 79.9. The third-order valence-electron chi connectivity index (χ3n) is 3.67. The van der Waals surface area contributed by atoms with Gasteiger partial charge in [0, 0.05) is 21.5 Å². The SMILES string of the molecule is Cc1ccc(C(N)c2cc(Br)cc3c2OCC3)cc1Cl. The molecule has 1 atom stereocenters. The van der Waals surface area contributed by atoms with Gasteiger partial charge in [-0.05, 0) is 41.8 Å². The first-order valence-corrected chi connectivity index (χ1v) is 7.70. The van der Waals surface area contributed by atoms with Crippen molar-refractivity contribution in [3.05, 3.63) is 62.1 Å². The molecule has 0 saturated carbocycles. The van der Waals surface area contributed by atoms with E-state index in [-0.39, 0.29) is 6.04 Å². The first kappa shape index (κ1) is 13.9. The van der Waals surface area contributed by atoms with Crippen LogP contribution in [0.4, 0.5) is 0 Å². The van der Waals surface area contributed by atoms with Gasteiger partial charge >= 0.3 is 0 Å². The fourth-order valence-electron chi connectivity index (χ4n) is 2.51. The highest BCUT2D eigenvalue weighted by molar-refractivity contribution is 9.10. The minimum absolute atomic E-state index is 0.238. The van der Waals surface area contributed by atoms with Gasteiger partial charge < -0.3 is 10.5 Å². The van der Waals surface area contributed by atoms with E-state index in [4.69, 9.17) is 22.1 Å². The van der Waals surface area contributed by atoms with Gasteiger partial charge in [0.05, 0.1) is 12.6 Å². The molecule has 1 aliphatic heterocycles. The zero-order valence-electron chi connectivity index (χ0n) is 11.1. The topological polar surface area (TPSA) is 35.2 Å². The van der Waals surface area contributed by atoms with Crippen molar-refractivity contribution < 1.29 is 4.74 Å². The monoisotopic (exact) mass is 351 g/mol. The summed E-state index contributed by atoms with van der Waals surface area (Å²) in [5, 5.41) is 0.741. The summed E-state index contributed by atoms with van der Waals surface area (Å²) >= 11 is 9.74. The zero-order valence-corrected chi connectivity index (χ0v) is 13.5. The summed E-state index contributed by atoms with van der Waals surface area (Å²) < 4.78 is 6.78. The molecule has 1 aliphatic rings. The smallest absolute Gasteiger partial charge is 0.127 e. The Bertz CT molecular complexity index is 672. The normalized spacial score (nSPS) is 14.8. The van der Waals surface area contributed by atoms with Crippen molar-refractivity contribution >= 4 is 27.5 Å². The van der Waals surface area contributed by atoms with Crippen LogP contribution in [0.2, 0.25) is 5.02 Å². The molecule has 3 rings (SSSR count). The van der Waals surface area contributed by atoms with E-state index in [1.165, 1.54) is 5.56 Å². The molecule has 20 heavy (non-hydrogen) atoms. The molecule has 2 aromatic carbocycles. The van der Waals surface area contributed by atoms with E-state index >= 15 is 0 Å². The van der Waals surface area contributed by atoms with Gasteiger partial charge in [-0.2, -0.15) is 0 Å². The van der Waals surface area contributed by atoms with Crippen molar-refractivity contribution in [3.63, 3.8) is 0 Å². The maximum Gasteiger partial charge on any atom is 0.127 e. The van der Waals surface area contributed by atoms with Gasteiger partial charge in [0.15, 0.2) is 0 Å². The molecule has 2 aromatic rings. The average Bonchev–Trinajstić information content (AvgIpc) is 2.88. The first-order valence-electron chi connectivity index (χ1n) is 6.53. The predicted octanol–water partition coefficient (Wildman–Crippen LogP) is 4.39. The Hall–Kier alpha value is -1.03. The minimum atomic E-state index is -0.238. The van der Waals surface area contributed by atoms with Crippen LogP contribution in [0.3, 0.4) is 0 Å². The summed E-state index contributed by atoms with van der Waals surface area (Å²) in [6.07, 6.45) is 0.934. The van der Waals surface area contributed by atoms with Crippen LogP contribution in [0.1, 0.15) is 28.3 Å². The third kappa shape index (κ3) is 2.46.